The summed E-state index contributed by atoms with van der Waals surface area (Å²) < 4.78 is 11.2. The number of thiazole rings is 1. The van der Waals surface area contributed by atoms with Gasteiger partial charge in [-0.2, -0.15) is 0 Å². The Morgan fingerprint density at radius 1 is 1.33 bits per heavy atom. The van der Waals surface area contributed by atoms with Gasteiger partial charge in [0.1, 0.15) is 18.1 Å². The lowest BCUT2D eigenvalue weighted by molar-refractivity contribution is 0.297. The van der Waals surface area contributed by atoms with Gasteiger partial charge in [0.15, 0.2) is 0 Å². The van der Waals surface area contributed by atoms with Crippen molar-refractivity contribution >= 4 is 11.3 Å². The molecule has 0 amide bonds. The summed E-state index contributed by atoms with van der Waals surface area (Å²) in [5.74, 6) is 2.16. The molecule has 4 nitrogen and oxygen atoms in total. The number of benzene rings is 1. The van der Waals surface area contributed by atoms with E-state index in [1.165, 1.54) is 0 Å². The second-order valence-electron chi connectivity index (χ2n) is 5.12. The van der Waals surface area contributed by atoms with E-state index in [0.717, 1.165) is 34.3 Å². The molecule has 2 aromatic rings. The average Bonchev–Trinajstić information content (AvgIpc) is 2.95. The summed E-state index contributed by atoms with van der Waals surface area (Å²) in [6, 6.07) is 5.85. The van der Waals surface area contributed by atoms with Crippen LogP contribution < -0.4 is 14.8 Å². The number of hydrogen-bond donors (Lipinski definition) is 1. The fraction of sp³-hybridized carbons (Fsp3) is 0.438. The van der Waals surface area contributed by atoms with Crippen LogP contribution in [0.1, 0.15) is 36.0 Å². The Bertz CT molecular complexity index is 581. The summed E-state index contributed by atoms with van der Waals surface area (Å²) in [5, 5.41) is 6.36. The molecular weight excluding hydrogens is 284 g/mol. The number of nitrogens with one attached hydrogen (secondary N) is 1. The highest BCUT2D eigenvalue weighted by molar-refractivity contribution is 7.09. The predicted molar refractivity (Wildman–Crippen MR) is 86.3 cm³/mol. The van der Waals surface area contributed by atoms with Crippen LogP contribution in [0, 0.1) is 0 Å². The predicted octanol–water partition coefficient (Wildman–Crippen LogP) is 3.57. The maximum atomic E-state index is 5.92. The Morgan fingerprint density at radius 2 is 2.14 bits per heavy atom. The Balaban J connectivity index is 2.07. The van der Waals surface area contributed by atoms with Crippen molar-refractivity contribution in [3.8, 4) is 11.5 Å². The highest BCUT2D eigenvalue weighted by atomic mass is 32.1. The van der Waals surface area contributed by atoms with Crippen molar-refractivity contribution in [2.75, 3.05) is 14.2 Å². The summed E-state index contributed by atoms with van der Waals surface area (Å²) in [6.07, 6.45) is 0. The molecule has 1 aromatic carbocycles. The molecule has 0 fully saturated rings. The molecule has 114 valence electrons. The van der Waals surface area contributed by atoms with Crippen molar-refractivity contribution in [1.29, 1.82) is 0 Å². The molecule has 0 aliphatic rings. The fourth-order valence-electron chi connectivity index (χ4n) is 1.96. The molecule has 0 aliphatic carbocycles. The topological polar surface area (TPSA) is 43.4 Å². The van der Waals surface area contributed by atoms with Gasteiger partial charge in [-0.1, -0.05) is 13.8 Å². The van der Waals surface area contributed by atoms with Crippen LogP contribution in [0.5, 0.6) is 11.5 Å². The van der Waals surface area contributed by atoms with Crippen molar-refractivity contribution in [1.82, 2.24) is 10.3 Å². The zero-order valence-corrected chi connectivity index (χ0v) is 13.8. The van der Waals surface area contributed by atoms with Gasteiger partial charge >= 0.3 is 0 Å². The van der Waals surface area contributed by atoms with Gasteiger partial charge in [0.25, 0.3) is 0 Å². The van der Waals surface area contributed by atoms with Gasteiger partial charge in [-0.25, -0.2) is 4.98 Å². The number of rotatable bonds is 7. The standard InChI is InChI=1S/C16H22N2O2S/c1-11(2)16-18-13(10-21-16)9-20-15-6-5-14(19-4)7-12(15)8-17-3/h5-7,10-11,17H,8-9H2,1-4H3. The Hall–Kier alpha value is -1.59. The van der Waals surface area contributed by atoms with E-state index in [1.807, 2.05) is 25.2 Å². The lowest BCUT2D eigenvalue weighted by Crippen LogP contribution is -2.08. The summed E-state index contributed by atoms with van der Waals surface area (Å²) in [5.41, 5.74) is 2.06. The van der Waals surface area contributed by atoms with Gasteiger partial charge in [-0.05, 0) is 25.2 Å². The molecule has 1 heterocycles. The third-order valence-electron chi connectivity index (χ3n) is 3.07. The first-order valence-corrected chi connectivity index (χ1v) is 7.90. The second-order valence-corrected chi connectivity index (χ2v) is 6.01. The third-order valence-corrected chi connectivity index (χ3v) is 4.27. The van der Waals surface area contributed by atoms with E-state index < -0.39 is 0 Å². The van der Waals surface area contributed by atoms with Gasteiger partial charge in [-0.3, -0.25) is 0 Å². The lowest BCUT2D eigenvalue weighted by atomic mass is 10.2. The van der Waals surface area contributed by atoms with E-state index in [1.54, 1.807) is 18.4 Å². The molecule has 0 bridgehead atoms. The number of hydrogen-bond acceptors (Lipinski definition) is 5. The van der Waals surface area contributed by atoms with E-state index in [0.29, 0.717) is 12.5 Å². The Labute approximate surface area is 130 Å². The zero-order chi connectivity index (χ0) is 15.2. The summed E-state index contributed by atoms with van der Waals surface area (Å²) in [4.78, 5) is 4.59. The van der Waals surface area contributed by atoms with Gasteiger partial charge in [0.05, 0.1) is 17.8 Å². The number of nitrogens with zero attached hydrogens (tertiary/aromatic N) is 1. The normalized spacial score (nSPS) is 10.9. The summed E-state index contributed by atoms with van der Waals surface area (Å²) in [7, 11) is 3.58. The van der Waals surface area contributed by atoms with Crippen molar-refractivity contribution in [2.24, 2.45) is 0 Å². The molecule has 0 unspecified atom stereocenters. The van der Waals surface area contributed by atoms with Crippen molar-refractivity contribution in [3.05, 3.63) is 39.8 Å². The molecule has 0 saturated heterocycles. The molecule has 0 radical (unpaired) electrons. The molecule has 0 atom stereocenters. The molecule has 2 rings (SSSR count). The average molecular weight is 306 g/mol. The molecule has 0 aliphatic heterocycles. The number of ether oxygens (including phenoxy) is 2. The van der Waals surface area contributed by atoms with Crippen LogP contribution in [0.2, 0.25) is 0 Å². The summed E-state index contributed by atoms with van der Waals surface area (Å²) in [6.45, 7) is 5.53. The molecule has 5 heteroatoms. The lowest BCUT2D eigenvalue weighted by Gasteiger charge is -2.12. The highest BCUT2D eigenvalue weighted by Gasteiger charge is 2.09. The molecule has 21 heavy (non-hydrogen) atoms. The number of methoxy groups -OCH3 is 1. The van der Waals surface area contributed by atoms with Gasteiger partial charge in [-0.15, -0.1) is 11.3 Å². The first kappa shape index (κ1) is 15.8. The molecule has 0 spiro atoms. The van der Waals surface area contributed by atoms with E-state index in [9.17, 15) is 0 Å². The van der Waals surface area contributed by atoms with Gasteiger partial charge in [0, 0.05) is 23.4 Å². The maximum Gasteiger partial charge on any atom is 0.131 e. The third kappa shape index (κ3) is 4.19. The number of aromatic nitrogens is 1. The van der Waals surface area contributed by atoms with E-state index in [4.69, 9.17) is 9.47 Å². The van der Waals surface area contributed by atoms with Crippen molar-refractivity contribution < 1.29 is 9.47 Å². The quantitative estimate of drug-likeness (QED) is 0.849. The minimum atomic E-state index is 0.463. The Morgan fingerprint density at radius 3 is 2.76 bits per heavy atom. The van der Waals surface area contributed by atoms with E-state index >= 15 is 0 Å². The maximum absolute atomic E-state index is 5.92. The minimum absolute atomic E-state index is 0.463. The van der Waals surface area contributed by atoms with Crippen LogP contribution >= 0.6 is 11.3 Å². The Kier molecular flexibility index (Phi) is 5.59. The van der Waals surface area contributed by atoms with Gasteiger partial charge in [0.2, 0.25) is 0 Å². The minimum Gasteiger partial charge on any atom is -0.497 e. The largest absolute Gasteiger partial charge is 0.497 e. The molecule has 1 aromatic heterocycles. The molecule has 0 saturated carbocycles. The van der Waals surface area contributed by atoms with E-state index in [2.05, 4.69) is 29.5 Å². The van der Waals surface area contributed by atoms with Crippen LogP contribution in [0.3, 0.4) is 0 Å². The molecule has 1 N–H and O–H groups in total. The highest BCUT2D eigenvalue weighted by Crippen LogP contribution is 2.26. The van der Waals surface area contributed by atoms with Crippen LogP contribution in [0.25, 0.3) is 0 Å². The van der Waals surface area contributed by atoms with Crippen LogP contribution in [0.4, 0.5) is 0 Å². The fourth-order valence-corrected chi connectivity index (χ4v) is 2.78. The SMILES string of the molecule is CNCc1cc(OC)ccc1OCc1csc(C(C)C)n1. The first-order valence-electron chi connectivity index (χ1n) is 7.02. The first-order chi connectivity index (χ1) is 10.1. The van der Waals surface area contributed by atoms with Crippen molar-refractivity contribution in [2.45, 2.75) is 32.9 Å². The zero-order valence-electron chi connectivity index (χ0n) is 13.0. The van der Waals surface area contributed by atoms with E-state index in [-0.39, 0.29) is 0 Å². The summed E-state index contributed by atoms with van der Waals surface area (Å²) >= 11 is 1.69. The van der Waals surface area contributed by atoms with Crippen LogP contribution in [-0.4, -0.2) is 19.1 Å². The molecular formula is C16H22N2O2S. The smallest absolute Gasteiger partial charge is 0.131 e. The van der Waals surface area contributed by atoms with Crippen LogP contribution in [0.15, 0.2) is 23.6 Å². The van der Waals surface area contributed by atoms with Gasteiger partial charge < -0.3 is 14.8 Å². The van der Waals surface area contributed by atoms with Crippen LogP contribution in [-0.2, 0) is 13.2 Å². The second kappa shape index (κ2) is 7.43. The monoisotopic (exact) mass is 306 g/mol. The van der Waals surface area contributed by atoms with Crippen molar-refractivity contribution in [3.63, 3.8) is 0 Å².